The third-order valence-corrected chi connectivity index (χ3v) is 4.05. The van der Waals surface area contributed by atoms with Crippen LogP contribution in [0.25, 0.3) is 0 Å². The fourth-order valence-electron chi connectivity index (χ4n) is 2.89. The van der Waals surface area contributed by atoms with Crippen LogP contribution in [0.15, 0.2) is 60.7 Å². The molecule has 3 heteroatoms. The molecule has 0 heterocycles. The van der Waals surface area contributed by atoms with Gasteiger partial charge >= 0.3 is 0 Å². The molecule has 0 aliphatic carbocycles. The normalized spacial score (nSPS) is 10.6. The van der Waals surface area contributed by atoms with Gasteiger partial charge in [0.1, 0.15) is 17.3 Å². The number of ether oxygens (including phenoxy) is 1. The second kappa shape index (κ2) is 6.89. The minimum absolute atomic E-state index is 0.144. The molecule has 3 aromatic carbocycles. The molecule has 126 valence electrons. The molecule has 0 aromatic heterocycles. The standard InChI is InChI=1S/C22H19FO2/c1-14-12-15(2)22(16(3)13-14)25-20-10-6-18(7-11-20)21(24)17-4-8-19(23)9-5-17/h4-13H,1-3H3. The fourth-order valence-corrected chi connectivity index (χ4v) is 2.89. The first kappa shape index (κ1) is 16.9. The van der Waals surface area contributed by atoms with Crippen LogP contribution in [0.5, 0.6) is 11.5 Å². The molecule has 2 nitrogen and oxygen atoms in total. The van der Waals surface area contributed by atoms with Gasteiger partial charge in [-0.3, -0.25) is 4.79 Å². The van der Waals surface area contributed by atoms with E-state index in [1.165, 1.54) is 29.8 Å². The van der Waals surface area contributed by atoms with Gasteiger partial charge in [-0.15, -0.1) is 0 Å². The lowest BCUT2D eigenvalue weighted by Crippen LogP contribution is -2.01. The highest BCUT2D eigenvalue weighted by atomic mass is 19.1. The van der Waals surface area contributed by atoms with Crippen LogP contribution in [0, 0.1) is 26.6 Å². The van der Waals surface area contributed by atoms with Crippen molar-refractivity contribution >= 4 is 5.78 Å². The first-order valence-electron chi connectivity index (χ1n) is 8.10. The number of ketones is 1. The lowest BCUT2D eigenvalue weighted by molar-refractivity contribution is 0.103. The molecule has 0 saturated carbocycles. The van der Waals surface area contributed by atoms with Gasteiger partial charge in [-0.1, -0.05) is 17.7 Å². The summed E-state index contributed by atoms with van der Waals surface area (Å²) in [5.74, 6) is 1.01. The SMILES string of the molecule is Cc1cc(C)c(Oc2ccc(C(=O)c3ccc(F)cc3)cc2)c(C)c1. The van der Waals surface area contributed by atoms with Crippen LogP contribution in [-0.2, 0) is 0 Å². The first-order valence-corrected chi connectivity index (χ1v) is 8.10. The van der Waals surface area contributed by atoms with Gasteiger partial charge in [0.25, 0.3) is 0 Å². The summed E-state index contributed by atoms with van der Waals surface area (Å²) in [6.07, 6.45) is 0. The Labute approximate surface area is 146 Å². The van der Waals surface area contributed by atoms with Gasteiger partial charge < -0.3 is 4.74 Å². The quantitative estimate of drug-likeness (QED) is 0.566. The molecule has 0 aliphatic heterocycles. The molecular weight excluding hydrogens is 315 g/mol. The van der Waals surface area contributed by atoms with Crippen molar-refractivity contribution in [2.24, 2.45) is 0 Å². The smallest absolute Gasteiger partial charge is 0.193 e. The molecule has 0 bridgehead atoms. The molecule has 0 unspecified atom stereocenters. The molecule has 0 saturated heterocycles. The van der Waals surface area contributed by atoms with E-state index in [2.05, 4.69) is 19.1 Å². The summed E-state index contributed by atoms with van der Waals surface area (Å²) in [7, 11) is 0. The average Bonchev–Trinajstić information content (AvgIpc) is 2.59. The lowest BCUT2D eigenvalue weighted by Gasteiger charge is -2.13. The summed E-state index contributed by atoms with van der Waals surface area (Å²) in [5, 5.41) is 0. The number of halogens is 1. The molecule has 3 rings (SSSR count). The van der Waals surface area contributed by atoms with Gasteiger partial charge in [0, 0.05) is 11.1 Å². The molecule has 3 aromatic rings. The monoisotopic (exact) mass is 334 g/mol. The van der Waals surface area contributed by atoms with E-state index in [1.54, 1.807) is 24.3 Å². The zero-order chi connectivity index (χ0) is 18.0. The molecule has 0 radical (unpaired) electrons. The third kappa shape index (κ3) is 3.77. The zero-order valence-electron chi connectivity index (χ0n) is 14.5. The van der Waals surface area contributed by atoms with Gasteiger partial charge in [-0.25, -0.2) is 4.39 Å². The van der Waals surface area contributed by atoms with E-state index < -0.39 is 0 Å². The predicted octanol–water partition coefficient (Wildman–Crippen LogP) is 5.77. The summed E-state index contributed by atoms with van der Waals surface area (Å²) in [5.41, 5.74) is 4.34. The van der Waals surface area contributed by atoms with Gasteiger partial charge in [0.2, 0.25) is 0 Å². The largest absolute Gasteiger partial charge is 0.457 e. The number of aryl methyl sites for hydroxylation is 3. The molecule has 0 fully saturated rings. The van der Waals surface area contributed by atoms with Gasteiger partial charge in [-0.2, -0.15) is 0 Å². The van der Waals surface area contributed by atoms with Crippen LogP contribution < -0.4 is 4.74 Å². The van der Waals surface area contributed by atoms with E-state index in [0.29, 0.717) is 16.9 Å². The molecule has 0 atom stereocenters. The fraction of sp³-hybridized carbons (Fsp3) is 0.136. The minimum atomic E-state index is -0.357. The van der Waals surface area contributed by atoms with E-state index in [-0.39, 0.29) is 11.6 Å². The Morgan fingerprint density at radius 1 is 0.800 bits per heavy atom. The topological polar surface area (TPSA) is 26.3 Å². The van der Waals surface area contributed by atoms with Crippen molar-refractivity contribution in [1.82, 2.24) is 0 Å². The Morgan fingerprint density at radius 3 is 1.80 bits per heavy atom. The van der Waals surface area contributed by atoms with Crippen LogP contribution in [0.3, 0.4) is 0 Å². The molecule has 0 N–H and O–H groups in total. The van der Waals surface area contributed by atoms with Crippen LogP contribution in [0.4, 0.5) is 4.39 Å². The maximum absolute atomic E-state index is 13.0. The van der Waals surface area contributed by atoms with Crippen LogP contribution >= 0.6 is 0 Å². The third-order valence-electron chi connectivity index (χ3n) is 4.05. The van der Waals surface area contributed by atoms with Gasteiger partial charge in [0.05, 0.1) is 0 Å². The van der Waals surface area contributed by atoms with Crippen molar-refractivity contribution in [3.8, 4) is 11.5 Å². The molecule has 25 heavy (non-hydrogen) atoms. The summed E-state index contributed by atoms with van der Waals surface area (Å²) < 4.78 is 19.0. The van der Waals surface area contributed by atoms with E-state index in [4.69, 9.17) is 4.74 Å². The van der Waals surface area contributed by atoms with Crippen molar-refractivity contribution < 1.29 is 13.9 Å². The molecule has 0 amide bonds. The van der Waals surface area contributed by atoms with Crippen molar-refractivity contribution in [3.63, 3.8) is 0 Å². The Hall–Kier alpha value is -2.94. The van der Waals surface area contributed by atoms with Crippen LogP contribution in [-0.4, -0.2) is 5.78 Å². The van der Waals surface area contributed by atoms with E-state index in [9.17, 15) is 9.18 Å². The number of carbonyl (C=O) groups excluding carboxylic acids is 1. The summed E-state index contributed by atoms with van der Waals surface area (Å²) in [6, 6.07) is 16.7. The van der Waals surface area contributed by atoms with E-state index in [1.807, 2.05) is 13.8 Å². The Balaban J connectivity index is 1.81. The highest BCUT2D eigenvalue weighted by molar-refractivity contribution is 6.09. The second-order valence-electron chi connectivity index (χ2n) is 6.19. The van der Waals surface area contributed by atoms with Crippen molar-refractivity contribution in [2.45, 2.75) is 20.8 Å². The van der Waals surface area contributed by atoms with Crippen molar-refractivity contribution in [3.05, 3.63) is 94.3 Å². The highest BCUT2D eigenvalue weighted by Crippen LogP contribution is 2.30. The summed E-state index contributed by atoms with van der Waals surface area (Å²) in [4.78, 5) is 12.4. The Morgan fingerprint density at radius 2 is 1.28 bits per heavy atom. The Bertz CT molecular complexity index is 887. The predicted molar refractivity (Wildman–Crippen MR) is 97.0 cm³/mol. The van der Waals surface area contributed by atoms with E-state index in [0.717, 1.165) is 16.9 Å². The lowest BCUT2D eigenvalue weighted by atomic mass is 10.0. The molecule has 0 spiro atoms. The van der Waals surface area contributed by atoms with Crippen LogP contribution in [0.1, 0.15) is 32.6 Å². The van der Waals surface area contributed by atoms with Crippen molar-refractivity contribution in [1.29, 1.82) is 0 Å². The average molecular weight is 334 g/mol. The number of carbonyl (C=O) groups is 1. The second-order valence-corrected chi connectivity index (χ2v) is 6.19. The van der Waals surface area contributed by atoms with E-state index >= 15 is 0 Å². The molecular formula is C22H19FO2. The maximum atomic E-state index is 13.0. The number of benzene rings is 3. The van der Waals surface area contributed by atoms with Crippen LogP contribution in [0.2, 0.25) is 0 Å². The number of hydrogen-bond donors (Lipinski definition) is 0. The maximum Gasteiger partial charge on any atom is 0.193 e. The van der Waals surface area contributed by atoms with Gasteiger partial charge in [-0.05, 0) is 80.4 Å². The first-order chi connectivity index (χ1) is 11.9. The number of rotatable bonds is 4. The molecule has 0 aliphatic rings. The highest BCUT2D eigenvalue weighted by Gasteiger charge is 2.11. The number of hydrogen-bond acceptors (Lipinski definition) is 2. The zero-order valence-corrected chi connectivity index (χ0v) is 14.5. The summed E-state index contributed by atoms with van der Waals surface area (Å²) in [6.45, 7) is 6.09. The van der Waals surface area contributed by atoms with Gasteiger partial charge in [0.15, 0.2) is 5.78 Å². The van der Waals surface area contributed by atoms with Crippen molar-refractivity contribution in [2.75, 3.05) is 0 Å². The summed E-state index contributed by atoms with van der Waals surface area (Å²) >= 11 is 0. The minimum Gasteiger partial charge on any atom is -0.457 e. The Kier molecular flexibility index (Phi) is 4.66.